The van der Waals surface area contributed by atoms with Gasteiger partial charge in [0.15, 0.2) is 11.0 Å². The predicted octanol–water partition coefficient (Wildman–Crippen LogP) is 1.50. The molecular weight excluding hydrogens is 216 g/mol. The van der Waals surface area contributed by atoms with E-state index in [-0.39, 0.29) is 22.9 Å². The molecule has 15 heavy (non-hydrogen) atoms. The van der Waals surface area contributed by atoms with Crippen molar-refractivity contribution in [1.29, 1.82) is 0 Å². The molecule has 2 heterocycles. The van der Waals surface area contributed by atoms with Crippen LogP contribution >= 0.6 is 11.6 Å². The maximum Gasteiger partial charge on any atom is 0.289 e. The van der Waals surface area contributed by atoms with Gasteiger partial charge in [0.1, 0.15) is 0 Å². The van der Waals surface area contributed by atoms with Crippen LogP contribution in [0.5, 0.6) is 0 Å². The smallest absolute Gasteiger partial charge is 0.289 e. The van der Waals surface area contributed by atoms with E-state index in [9.17, 15) is 4.79 Å². The Morgan fingerprint density at radius 2 is 2.40 bits per heavy atom. The van der Waals surface area contributed by atoms with Crippen molar-refractivity contribution in [3.8, 4) is 0 Å². The molecule has 1 aromatic rings. The van der Waals surface area contributed by atoms with Gasteiger partial charge in [-0.1, -0.05) is 0 Å². The molecule has 5 heteroatoms. The Bertz CT molecular complexity index is 364. The van der Waals surface area contributed by atoms with Crippen LogP contribution in [0, 0.1) is 0 Å². The van der Waals surface area contributed by atoms with Crippen molar-refractivity contribution in [3.05, 3.63) is 23.1 Å². The normalized spacial score (nSPS) is 21.7. The molecule has 1 atom stereocenters. The summed E-state index contributed by atoms with van der Waals surface area (Å²) < 4.78 is 5.07. The van der Waals surface area contributed by atoms with E-state index in [1.165, 1.54) is 0 Å². The molecule has 4 nitrogen and oxygen atoms in total. The highest BCUT2D eigenvalue weighted by atomic mass is 35.5. The van der Waals surface area contributed by atoms with Crippen LogP contribution in [0.2, 0.25) is 5.22 Å². The Hall–Kier alpha value is -1.00. The number of nitrogens with two attached hydrogens (primary N) is 1. The lowest BCUT2D eigenvalue weighted by atomic mass is 10.1. The Balaban J connectivity index is 2.07. The van der Waals surface area contributed by atoms with E-state index >= 15 is 0 Å². The van der Waals surface area contributed by atoms with Crippen LogP contribution in [0.4, 0.5) is 0 Å². The highest BCUT2D eigenvalue weighted by Crippen LogP contribution is 2.17. The zero-order chi connectivity index (χ0) is 10.8. The van der Waals surface area contributed by atoms with Gasteiger partial charge in [-0.2, -0.15) is 0 Å². The summed E-state index contributed by atoms with van der Waals surface area (Å²) in [7, 11) is 0. The van der Waals surface area contributed by atoms with E-state index in [1.54, 1.807) is 17.0 Å². The molecule has 0 radical (unpaired) electrons. The number of halogens is 1. The minimum Gasteiger partial charge on any atom is -0.440 e. The van der Waals surface area contributed by atoms with Gasteiger partial charge >= 0.3 is 0 Å². The van der Waals surface area contributed by atoms with Gasteiger partial charge in [-0.15, -0.1) is 0 Å². The van der Waals surface area contributed by atoms with Crippen LogP contribution in [-0.4, -0.2) is 29.9 Å². The van der Waals surface area contributed by atoms with E-state index < -0.39 is 0 Å². The average molecular weight is 229 g/mol. The average Bonchev–Trinajstić information content (AvgIpc) is 2.64. The maximum atomic E-state index is 11.9. The molecule has 1 fully saturated rings. The SMILES string of the molecule is NC1CCCN(C(=O)c2ccc(Cl)o2)C1. The molecule has 1 aromatic heterocycles. The predicted molar refractivity (Wildman–Crippen MR) is 56.8 cm³/mol. The largest absolute Gasteiger partial charge is 0.440 e. The molecule has 1 aliphatic heterocycles. The molecule has 2 rings (SSSR count). The van der Waals surface area contributed by atoms with Crippen LogP contribution in [0.1, 0.15) is 23.4 Å². The second-order valence-corrected chi connectivity index (χ2v) is 4.13. The third-order valence-electron chi connectivity index (χ3n) is 2.53. The van der Waals surface area contributed by atoms with Gasteiger partial charge in [0.05, 0.1) is 0 Å². The highest BCUT2D eigenvalue weighted by molar-refractivity contribution is 6.29. The van der Waals surface area contributed by atoms with Crippen molar-refractivity contribution >= 4 is 17.5 Å². The Labute approximate surface area is 93.0 Å². The molecule has 1 unspecified atom stereocenters. The first-order chi connectivity index (χ1) is 7.16. The van der Waals surface area contributed by atoms with Crippen LogP contribution < -0.4 is 5.73 Å². The fourth-order valence-corrected chi connectivity index (χ4v) is 1.93. The molecule has 0 aromatic carbocycles. The summed E-state index contributed by atoms with van der Waals surface area (Å²) in [5, 5.41) is 0.236. The minimum atomic E-state index is -0.128. The fourth-order valence-electron chi connectivity index (χ4n) is 1.78. The molecule has 0 spiro atoms. The zero-order valence-electron chi connectivity index (χ0n) is 8.28. The van der Waals surface area contributed by atoms with Crippen LogP contribution in [0.3, 0.4) is 0 Å². The van der Waals surface area contributed by atoms with Gasteiger partial charge in [0.25, 0.3) is 5.91 Å². The van der Waals surface area contributed by atoms with Crippen molar-refractivity contribution in [2.75, 3.05) is 13.1 Å². The van der Waals surface area contributed by atoms with Gasteiger partial charge in [0, 0.05) is 19.1 Å². The van der Waals surface area contributed by atoms with E-state index in [4.69, 9.17) is 21.8 Å². The third-order valence-corrected chi connectivity index (χ3v) is 2.73. The first-order valence-corrected chi connectivity index (χ1v) is 5.35. The number of amides is 1. The minimum absolute atomic E-state index is 0.0770. The maximum absolute atomic E-state index is 11.9. The van der Waals surface area contributed by atoms with Crippen LogP contribution in [0.15, 0.2) is 16.5 Å². The fraction of sp³-hybridized carbons (Fsp3) is 0.500. The summed E-state index contributed by atoms with van der Waals surface area (Å²) in [4.78, 5) is 13.6. The molecule has 0 saturated carbocycles. The van der Waals surface area contributed by atoms with E-state index in [0.29, 0.717) is 6.54 Å². The second-order valence-electron chi connectivity index (χ2n) is 3.76. The summed E-state index contributed by atoms with van der Waals surface area (Å²) in [5.74, 6) is 0.158. The molecule has 82 valence electrons. The molecule has 0 bridgehead atoms. The number of nitrogens with zero attached hydrogens (tertiary/aromatic N) is 1. The Kier molecular flexibility index (Phi) is 2.98. The van der Waals surface area contributed by atoms with Gasteiger partial charge < -0.3 is 15.1 Å². The topological polar surface area (TPSA) is 59.5 Å². The number of carbonyl (C=O) groups is 1. The Morgan fingerprint density at radius 3 is 3.00 bits per heavy atom. The van der Waals surface area contributed by atoms with Gasteiger partial charge in [-0.3, -0.25) is 4.79 Å². The van der Waals surface area contributed by atoms with Crippen molar-refractivity contribution in [2.24, 2.45) is 5.73 Å². The van der Waals surface area contributed by atoms with Crippen molar-refractivity contribution in [3.63, 3.8) is 0 Å². The standard InChI is InChI=1S/C10H13ClN2O2/c11-9-4-3-8(15-9)10(14)13-5-1-2-7(12)6-13/h3-4,7H,1-2,5-6,12H2. The summed E-state index contributed by atoms with van der Waals surface area (Å²) >= 11 is 5.61. The summed E-state index contributed by atoms with van der Waals surface area (Å²) in [6, 6.07) is 3.23. The number of likely N-dealkylation sites (tertiary alicyclic amines) is 1. The lowest BCUT2D eigenvalue weighted by molar-refractivity contribution is 0.0677. The zero-order valence-corrected chi connectivity index (χ0v) is 9.04. The molecule has 2 N–H and O–H groups in total. The summed E-state index contributed by atoms with van der Waals surface area (Å²) in [6.07, 6.45) is 1.92. The van der Waals surface area contributed by atoms with Gasteiger partial charge in [-0.25, -0.2) is 0 Å². The summed E-state index contributed by atoms with van der Waals surface area (Å²) in [5.41, 5.74) is 5.80. The first kappa shape index (κ1) is 10.5. The number of hydrogen-bond donors (Lipinski definition) is 1. The summed E-state index contributed by atoms with van der Waals surface area (Å²) in [6.45, 7) is 1.34. The highest BCUT2D eigenvalue weighted by Gasteiger charge is 2.24. The monoisotopic (exact) mass is 228 g/mol. The lowest BCUT2D eigenvalue weighted by Crippen LogP contribution is -2.45. The number of carbonyl (C=O) groups excluding carboxylic acids is 1. The van der Waals surface area contributed by atoms with E-state index in [2.05, 4.69) is 0 Å². The molecule has 1 aliphatic rings. The Morgan fingerprint density at radius 1 is 1.60 bits per heavy atom. The van der Waals surface area contributed by atoms with Crippen molar-refractivity contribution < 1.29 is 9.21 Å². The molecule has 0 aliphatic carbocycles. The first-order valence-electron chi connectivity index (χ1n) is 4.97. The molecular formula is C10H13ClN2O2. The van der Waals surface area contributed by atoms with Gasteiger partial charge in [-0.05, 0) is 36.6 Å². The van der Waals surface area contributed by atoms with Gasteiger partial charge in [0.2, 0.25) is 0 Å². The van der Waals surface area contributed by atoms with Crippen molar-refractivity contribution in [2.45, 2.75) is 18.9 Å². The molecule has 1 saturated heterocycles. The number of piperidine rings is 1. The number of furan rings is 1. The number of hydrogen-bond acceptors (Lipinski definition) is 3. The van der Waals surface area contributed by atoms with Crippen LogP contribution in [-0.2, 0) is 0 Å². The lowest BCUT2D eigenvalue weighted by Gasteiger charge is -2.29. The third kappa shape index (κ3) is 2.33. The van der Waals surface area contributed by atoms with E-state index in [0.717, 1.165) is 19.4 Å². The van der Waals surface area contributed by atoms with Crippen LogP contribution in [0.25, 0.3) is 0 Å². The number of rotatable bonds is 1. The second kappa shape index (κ2) is 4.24. The van der Waals surface area contributed by atoms with E-state index in [1.807, 2.05) is 0 Å². The van der Waals surface area contributed by atoms with Crippen molar-refractivity contribution in [1.82, 2.24) is 4.90 Å². The molecule has 1 amide bonds. The quantitative estimate of drug-likeness (QED) is 0.793.